The van der Waals surface area contributed by atoms with Gasteiger partial charge in [0.1, 0.15) is 11.6 Å². The van der Waals surface area contributed by atoms with Crippen LogP contribution in [0.25, 0.3) is 0 Å². The Labute approximate surface area is 151 Å². The topological polar surface area (TPSA) is 54.4 Å². The van der Waals surface area contributed by atoms with Gasteiger partial charge in [-0.15, -0.1) is 0 Å². The minimum atomic E-state index is -0.824. The zero-order valence-corrected chi connectivity index (χ0v) is 16.1. The number of rotatable bonds is 2. The van der Waals surface area contributed by atoms with E-state index in [1.807, 2.05) is 0 Å². The zero-order valence-electron chi connectivity index (χ0n) is 16.1. The predicted molar refractivity (Wildman–Crippen MR) is 97.0 cm³/mol. The van der Waals surface area contributed by atoms with Crippen molar-refractivity contribution in [3.63, 3.8) is 0 Å². The predicted octanol–water partition coefficient (Wildman–Crippen LogP) is 4.31. The third-order valence-electron chi connectivity index (χ3n) is 9.21. The van der Waals surface area contributed by atoms with Crippen LogP contribution in [0, 0.1) is 34.5 Å². The van der Waals surface area contributed by atoms with E-state index >= 15 is 0 Å². The van der Waals surface area contributed by atoms with Gasteiger partial charge in [0.25, 0.3) is 0 Å². The van der Waals surface area contributed by atoms with Crippen LogP contribution in [0.3, 0.4) is 0 Å². The minimum Gasteiger partial charge on any atom is -0.389 e. The van der Waals surface area contributed by atoms with E-state index in [1.54, 1.807) is 0 Å². The average molecular weight is 347 g/mol. The molecule has 1 N–H and O–H groups in total. The summed E-state index contributed by atoms with van der Waals surface area (Å²) >= 11 is 0. The van der Waals surface area contributed by atoms with Crippen LogP contribution in [-0.4, -0.2) is 22.3 Å². The van der Waals surface area contributed by atoms with Crippen LogP contribution in [0.5, 0.6) is 0 Å². The highest BCUT2D eigenvalue weighted by molar-refractivity contribution is 5.87. The van der Waals surface area contributed by atoms with Crippen LogP contribution < -0.4 is 0 Å². The Morgan fingerprint density at radius 2 is 1.84 bits per heavy atom. The Kier molecular flexibility index (Phi) is 4.00. The number of Topliss-reactive ketones (excluding diaryl/α,β-unsaturated/α-hetero) is 2. The van der Waals surface area contributed by atoms with Gasteiger partial charge >= 0.3 is 0 Å². The molecule has 25 heavy (non-hydrogen) atoms. The Morgan fingerprint density at radius 3 is 2.56 bits per heavy atom. The average Bonchev–Trinajstić information content (AvgIpc) is 2.86. The lowest BCUT2D eigenvalue weighted by Crippen LogP contribution is -2.66. The molecule has 140 valence electrons. The van der Waals surface area contributed by atoms with Crippen molar-refractivity contribution in [3.8, 4) is 0 Å². The summed E-state index contributed by atoms with van der Waals surface area (Å²) in [6.45, 7) is 6.67. The molecule has 0 aliphatic heterocycles. The molecular formula is C22H34O3. The van der Waals surface area contributed by atoms with Gasteiger partial charge in [-0.1, -0.05) is 27.2 Å². The van der Waals surface area contributed by atoms with Crippen molar-refractivity contribution >= 4 is 11.6 Å². The van der Waals surface area contributed by atoms with Crippen LogP contribution in [0.4, 0.5) is 0 Å². The van der Waals surface area contributed by atoms with Gasteiger partial charge in [0.2, 0.25) is 0 Å². The van der Waals surface area contributed by atoms with Crippen molar-refractivity contribution in [3.05, 3.63) is 0 Å². The first-order chi connectivity index (χ1) is 11.8. The van der Waals surface area contributed by atoms with Crippen molar-refractivity contribution in [2.45, 2.75) is 90.6 Å². The van der Waals surface area contributed by atoms with Gasteiger partial charge in [-0.25, -0.2) is 0 Å². The molecule has 0 spiro atoms. The fourth-order valence-corrected chi connectivity index (χ4v) is 7.73. The highest BCUT2D eigenvalue weighted by atomic mass is 16.3. The third kappa shape index (κ3) is 2.20. The summed E-state index contributed by atoms with van der Waals surface area (Å²) in [5, 5.41) is 11.8. The normalized spacial score (nSPS) is 52.5. The Hall–Kier alpha value is -0.700. The number of carbonyl (C=O) groups is 2. The van der Waals surface area contributed by atoms with E-state index in [-0.39, 0.29) is 22.5 Å². The third-order valence-corrected chi connectivity index (χ3v) is 9.21. The molecule has 0 saturated heterocycles. The van der Waals surface area contributed by atoms with E-state index in [9.17, 15) is 14.7 Å². The van der Waals surface area contributed by atoms with Crippen LogP contribution in [0.2, 0.25) is 0 Å². The summed E-state index contributed by atoms with van der Waals surface area (Å²) in [4.78, 5) is 24.8. The molecule has 7 atom stereocenters. The maximum Gasteiger partial charge on any atom is 0.139 e. The zero-order chi connectivity index (χ0) is 18.0. The molecule has 4 aliphatic carbocycles. The van der Waals surface area contributed by atoms with Gasteiger partial charge in [-0.3, -0.25) is 9.59 Å². The van der Waals surface area contributed by atoms with E-state index < -0.39 is 5.60 Å². The summed E-state index contributed by atoms with van der Waals surface area (Å²) in [5.41, 5.74) is -1.10. The molecule has 0 unspecified atom stereocenters. The molecule has 0 aromatic rings. The highest BCUT2D eigenvalue weighted by Crippen LogP contribution is 2.68. The van der Waals surface area contributed by atoms with Crippen molar-refractivity contribution in [1.29, 1.82) is 0 Å². The summed E-state index contributed by atoms with van der Waals surface area (Å²) in [6.07, 6.45) is 8.72. The van der Waals surface area contributed by atoms with Gasteiger partial charge in [0.15, 0.2) is 0 Å². The maximum atomic E-state index is 12.6. The molecule has 3 heteroatoms. The summed E-state index contributed by atoms with van der Waals surface area (Å²) in [6, 6.07) is 0. The SMILES string of the molecule is CCC[C@@H]1C[C@H]2[C@@H]3CCC(=O)[C@@]3(C)CC[C@@H]2[C@@]2(C)CCC(=O)C[C@]12O. The van der Waals surface area contributed by atoms with Crippen LogP contribution in [-0.2, 0) is 9.59 Å². The van der Waals surface area contributed by atoms with Crippen LogP contribution >= 0.6 is 0 Å². The molecule has 0 heterocycles. The molecule has 0 amide bonds. The molecule has 4 rings (SSSR count). The monoisotopic (exact) mass is 346 g/mol. The molecule has 4 saturated carbocycles. The fraction of sp³-hybridized carbons (Fsp3) is 0.909. The first-order valence-corrected chi connectivity index (χ1v) is 10.5. The lowest BCUT2D eigenvalue weighted by molar-refractivity contribution is -0.229. The number of ketones is 2. The smallest absolute Gasteiger partial charge is 0.139 e. The first kappa shape index (κ1) is 17.7. The standard InChI is InChI=1S/C22H34O3/c1-4-5-14-12-16-17-6-7-19(24)20(17,2)10-9-18(16)21(3)11-8-15(23)13-22(14,21)25/h14,16-18,25H,4-13H2,1-3H3/t14-,16+,17+,18+,20+,21-,22+/m1/s1. The Balaban J connectivity index is 1.75. The molecule has 0 aromatic carbocycles. The van der Waals surface area contributed by atoms with Gasteiger partial charge < -0.3 is 5.11 Å². The van der Waals surface area contributed by atoms with E-state index in [2.05, 4.69) is 20.8 Å². The number of carbonyl (C=O) groups excluding carboxylic acids is 2. The number of fused-ring (bicyclic) bond motifs is 5. The second-order valence-corrected chi connectivity index (χ2v) is 10.1. The molecule has 4 aliphatic rings. The maximum absolute atomic E-state index is 12.6. The number of hydrogen-bond acceptors (Lipinski definition) is 3. The molecule has 3 nitrogen and oxygen atoms in total. The summed E-state index contributed by atoms with van der Waals surface area (Å²) in [7, 11) is 0. The second kappa shape index (κ2) is 5.65. The van der Waals surface area contributed by atoms with Gasteiger partial charge in [-0.05, 0) is 62.2 Å². The van der Waals surface area contributed by atoms with Gasteiger partial charge in [0, 0.05) is 30.1 Å². The van der Waals surface area contributed by atoms with E-state index in [4.69, 9.17) is 0 Å². The number of aliphatic hydroxyl groups is 1. The van der Waals surface area contributed by atoms with Crippen molar-refractivity contribution in [2.24, 2.45) is 34.5 Å². The van der Waals surface area contributed by atoms with Crippen molar-refractivity contribution < 1.29 is 14.7 Å². The summed E-state index contributed by atoms with van der Waals surface area (Å²) < 4.78 is 0. The van der Waals surface area contributed by atoms with Gasteiger partial charge in [-0.2, -0.15) is 0 Å². The molecule has 0 radical (unpaired) electrons. The molecular weight excluding hydrogens is 312 g/mol. The molecule has 0 bridgehead atoms. The van der Waals surface area contributed by atoms with Gasteiger partial charge in [0.05, 0.1) is 5.60 Å². The van der Waals surface area contributed by atoms with Crippen molar-refractivity contribution in [2.75, 3.05) is 0 Å². The fourth-order valence-electron chi connectivity index (χ4n) is 7.73. The first-order valence-electron chi connectivity index (χ1n) is 10.5. The van der Waals surface area contributed by atoms with Crippen molar-refractivity contribution in [1.82, 2.24) is 0 Å². The lowest BCUT2D eigenvalue weighted by Gasteiger charge is -2.65. The van der Waals surface area contributed by atoms with E-state index in [0.717, 1.165) is 51.4 Å². The van der Waals surface area contributed by atoms with E-state index in [0.29, 0.717) is 36.4 Å². The van der Waals surface area contributed by atoms with E-state index in [1.165, 1.54) is 0 Å². The second-order valence-electron chi connectivity index (χ2n) is 10.1. The van der Waals surface area contributed by atoms with Crippen LogP contribution in [0.1, 0.15) is 85.0 Å². The number of hydrogen-bond donors (Lipinski definition) is 1. The molecule has 0 aromatic heterocycles. The quantitative estimate of drug-likeness (QED) is 0.810. The molecule has 4 fully saturated rings. The summed E-state index contributed by atoms with van der Waals surface area (Å²) in [5.74, 6) is 2.47. The lowest BCUT2D eigenvalue weighted by atomic mass is 9.41. The Bertz CT molecular complexity index is 598. The largest absolute Gasteiger partial charge is 0.389 e. The Morgan fingerprint density at radius 1 is 1.08 bits per heavy atom. The van der Waals surface area contributed by atoms with Crippen LogP contribution in [0.15, 0.2) is 0 Å². The highest BCUT2D eigenvalue weighted by Gasteiger charge is 2.67. The minimum absolute atomic E-state index is 0.117.